The van der Waals surface area contributed by atoms with Crippen LogP contribution in [-0.2, 0) is 0 Å². The summed E-state index contributed by atoms with van der Waals surface area (Å²) in [6.45, 7) is 1.91. The van der Waals surface area contributed by atoms with Gasteiger partial charge in [-0.05, 0) is 49.4 Å². The maximum Gasteiger partial charge on any atom is 0.219 e. The summed E-state index contributed by atoms with van der Waals surface area (Å²) in [5, 5.41) is 11.1. The topological polar surface area (TPSA) is 73.1 Å². The molecule has 5 aromatic rings. The van der Waals surface area contributed by atoms with Crippen LogP contribution in [-0.4, -0.2) is 24.6 Å². The molecule has 0 radical (unpaired) electrons. The maximum absolute atomic E-state index is 11.1. The van der Waals surface area contributed by atoms with Crippen LogP contribution in [0.25, 0.3) is 28.0 Å². The molecule has 3 aromatic heterocycles. The summed E-state index contributed by atoms with van der Waals surface area (Å²) in [6, 6.07) is 22.4. The molecule has 3 heterocycles. The van der Waals surface area contributed by atoms with Crippen LogP contribution in [0.3, 0.4) is 0 Å². The third-order valence-electron chi connectivity index (χ3n) is 4.85. The number of rotatable bonds is 4. The zero-order chi connectivity index (χ0) is 20.5. The Hall–Kier alpha value is -4.19. The Morgan fingerprint density at radius 3 is 2.47 bits per heavy atom. The number of ether oxygens (including phenoxy) is 1. The van der Waals surface area contributed by atoms with E-state index in [1.807, 2.05) is 78.2 Å². The number of phenols is 1. The molecule has 6 nitrogen and oxygen atoms in total. The van der Waals surface area contributed by atoms with Crippen LogP contribution in [0.15, 0.2) is 85.2 Å². The van der Waals surface area contributed by atoms with Gasteiger partial charge in [-0.1, -0.05) is 18.2 Å². The molecule has 0 fully saturated rings. The van der Waals surface area contributed by atoms with E-state index in [0.29, 0.717) is 28.6 Å². The molecule has 0 aliphatic rings. The van der Waals surface area contributed by atoms with E-state index in [4.69, 9.17) is 4.74 Å². The number of phenolic OH excluding ortho intramolecular Hbond substituents is 1. The first kappa shape index (κ1) is 17.9. The summed E-state index contributed by atoms with van der Waals surface area (Å²) in [5.41, 5.74) is 3.64. The number of aromatic nitrogens is 4. The molecular weight excluding hydrogens is 376 g/mol. The summed E-state index contributed by atoms with van der Waals surface area (Å²) in [6.07, 6.45) is 3.39. The predicted octanol–water partition coefficient (Wildman–Crippen LogP) is 5.29. The summed E-state index contributed by atoms with van der Waals surface area (Å²) in [4.78, 5) is 13.2. The molecule has 0 unspecified atom stereocenters. The van der Waals surface area contributed by atoms with Gasteiger partial charge >= 0.3 is 0 Å². The standard InChI is InChI=1S/C24H18N4O2/c1-16-27-20-12-11-17(30-23-10-3-5-14-26-23)15-22(20)28(16)21-9-6-7-18(24(21)29)19-8-2-4-13-25-19/h2-15,29H,1H3. The van der Waals surface area contributed by atoms with Crippen LogP contribution >= 0.6 is 0 Å². The van der Waals surface area contributed by atoms with Gasteiger partial charge < -0.3 is 9.84 Å². The van der Waals surface area contributed by atoms with Gasteiger partial charge in [0.05, 0.1) is 22.4 Å². The Morgan fingerprint density at radius 2 is 1.70 bits per heavy atom. The lowest BCUT2D eigenvalue weighted by molar-refractivity contribution is 0.463. The number of para-hydroxylation sites is 1. The third kappa shape index (κ3) is 3.14. The first-order valence-electron chi connectivity index (χ1n) is 9.52. The van der Waals surface area contributed by atoms with Crippen LogP contribution in [0.1, 0.15) is 5.82 Å². The second kappa shape index (κ2) is 7.33. The number of imidazole rings is 1. The van der Waals surface area contributed by atoms with Crippen molar-refractivity contribution in [2.24, 2.45) is 0 Å². The lowest BCUT2D eigenvalue weighted by Gasteiger charge is -2.13. The van der Waals surface area contributed by atoms with Gasteiger partial charge in [0, 0.05) is 30.1 Å². The second-order valence-electron chi connectivity index (χ2n) is 6.80. The van der Waals surface area contributed by atoms with Gasteiger partial charge in [-0.15, -0.1) is 0 Å². The molecule has 0 spiro atoms. The number of hydrogen-bond acceptors (Lipinski definition) is 5. The normalized spacial score (nSPS) is 11.0. The zero-order valence-electron chi connectivity index (χ0n) is 16.2. The monoisotopic (exact) mass is 394 g/mol. The van der Waals surface area contributed by atoms with Gasteiger partial charge in [0.15, 0.2) is 0 Å². The number of nitrogens with zero attached hydrogens (tertiary/aromatic N) is 4. The van der Waals surface area contributed by atoms with Crippen molar-refractivity contribution < 1.29 is 9.84 Å². The fourth-order valence-electron chi connectivity index (χ4n) is 3.51. The Bertz CT molecular complexity index is 1330. The van der Waals surface area contributed by atoms with Crippen LogP contribution in [0, 0.1) is 6.92 Å². The lowest BCUT2D eigenvalue weighted by atomic mass is 10.1. The van der Waals surface area contributed by atoms with E-state index in [0.717, 1.165) is 16.9 Å². The molecule has 6 heteroatoms. The van der Waals surface area contributed by atoms with E-state index >= 15 is 0 Å². The van der Waals surface area contributed by atoms with E-state index < -0.39 is 0 Å². The van der Waals surface area contributed by atoms with Crippen LogP contribution in [0.4, 0.5) is 0 Å². The number of pyridine rings is 2. The number of aromatic hydroxyl groups is 1. The maximum atomic E-state index is 11.1. The van der Waals surface area contributed by atoms with Gasteiger partial charge in [-0.25, -0.2) is 9.97 Å². The third-order valence-corrected chi connectivity index (χ3v) is 4.85. The fourth-order valence-corrected chi connectivity index (χ4v) is 3.51. The largest absolute Gasteiger partial charge is 0.505 e. The van der Waals surface area contributed by atoms with Gasteiger partial charge in [-0.3, -0.25) is 9.55 Å². The molecular formula is C24H18N4O2. The highest BCUT2D eigenvalue weighted by Gasteiger charge is 2.17. The average Bonchev–Trinajstić information content (AvgIpc) is 3.10. The van der Waals surface area contributed by atoms with Gasteiger partial charge in [-0.2, -0.15) is 0 Å². The smallest absolute Gasteiger partial charge is 0.219 e. The van der Waals surface area contributed by atoms with Crippen molar-refractivity contribution in [3.05, 3.63) is 91.0 Å². The molecule has 146 valence electrons. The van der Waals surface area contributed by atoms with Gasteiger partial charge in [0.25, 0.3) is 0 Å². The van der Waals surface area contributed by atoms with Crippen molar-refractivity contribution in [3.8, 4) is 34.3 Å². The number of hydrogen-bond donors (Lipinski definition) is 1. The Balaban J connectivity index is 1.64. The molecule has 0 aliphatic carbocycles. The number of benzene rings is 2. The van der Waals surface area contributed by atoms with E-state index in [-0.39, 0.29) is 5.75 Å². The lowest BCUT2D eigenvalue weighted by Crippen LogP contribution is -1.99. The highest BCUT2D eigenvalue weighted by atomic mass is 16.5. The number of aryl methyl sites for hydroxylation is 1. The molecule has 5 rings (SSSR count). The molecule has 0 aliphatic heterocycles. The van der Waals surface area contributed by atoms with Crippen LogP contribution in [0.5, 0.6) is 17.4 Å². The van der Waals surface area contributed by atoms with Crippen molar-refractivity contribution in [3.63, 3.8) is 0 Å². The molecule has 2 aromatic carbocycles. The Morgan fingerprint density at radius 1 is 0.867 bits per heavy atom. The van der Waals surface area contributed by atoms with E-state index in [1.165, 1.54) is 0 Å². The van der Waals surface area contributed by atoms with Gasteiger partial charge in [0.2, 0.25) is 5.88 Å². The molecule has 0 bridgehead atoms. The van der Waals surface area contributed by atoms with E-state index in [1.54, 1.807) is 18.5 Å². The van der Waals surface area contributed by atoms with Crippen molar-refractivity contribution in [2.45, 2.75) is 6.92 Å². The molecule has 1 N–H and O–H groups in total. The molecule has 30 heavy (non-hydrogen) atoms. The zero-order valence-corrected chi connectivity index (χ0v) is 16.2. The quantitative estimate of drug-likeness (QED) is 0.448. The molecule has 0 saturated heterocycles. The van der Waals surface area contributed by atoms with E-state index in [9.17, 15) is 5.11 Å². The minimum atomic E-state index is 0.148. The first-order valence-corrected chi connectivity index (χ1v) is 9.52. The second-order valence-corrected chi connectivity index (χ2v) is 6.80. The molecule has 0 saturated carbocycles. The minimum Gasteiger partial charge on any atom is -0.505 e. The van der Waals surface area contributed by atoms with Crippen LogP contribution < -0.4 is 4.74 Å². The highest BCUT2D eigenvalue weighted by Crippen LogP contribution is 2.36. The SMILES string of the molecule is Cc1nc2ccc(Oc3ccccn3)cc2n1-c1cccc(-c2ccccn2)c1O. The van der Waals surface area contributed by atoms with E-state index in [2.05, 4.69) is 15.0 Å². The number of fused-ring (bicyclic) bond motifs is 1. The fraction of sp³-hybridized carbons (Fsp3) is 0.0417. The first-order chi connectivity index (χ1) is 14.7. The van der Waals surface area contributed by atoms with Crippen molar-refractivity contribution in [1.29, 1.82) is 0 Å². The Labute approximate surface area is 173 Å². The summed E-state index contributed by atoms with van der Waals surface area (Å²) in [7, 11) is 0. The van der Waals surface area contributed by atoms with Gasteiger partial charge in [0.1, 0.15) is 17.3 Å². The molecule has 0 amide bonds. The predicted molar refractivity (Wildman–Crippen MR) is 115 cm³/mol. The summed E-state index contributed by atoms with van der Waals surface area (Å²) < 4.78 is 7.80. The summed E-state index contributed by atoms with van der Waals surface area (Å²) >= 11 is 0. The van der Waals surface area contributed by atoms with Crippen molar-refractivity contribution >= 4 is 11.0 Å². The summed E-state index contributed by atoms with van der Waals surface area (Å²) in [5.74, 6) is 2.06. The van der Waals surface area contributed by atoms with Crippen LogP contribution in [0.2, 0.25) is 0 Å². The minimum absolute atomic E-state index is 0.148. The average molecular weight is 394 g/mol. The highest BCUT2D eigenvalue weighted by molar-refractivity contribution is 5.82. The van der Waals surface area contributed by atoms with Crippen molar-refractivity contribution in [1.82, 2.24) is 19.5 Å². The van der Waals surface area contributed by atoms with Crippen molar-refractivity contribution in [2.75, 3.05) is 0 Å². The Kier molecular flexibility index (Phi) is 4.37. The molecule has 0 atom stereocenters.